The maximum Gasteiger partial charge on any atom is 0.311 e. The molecule has 0 aromatic carbocycles. The molecule has 6 heteroatoms. The number of carbonyl (C=O) groups is 1. The number of aliphatic hydroxyl groups is 1. The first-order valence-electron chi connectivity index (χ1n) is 10.0. The molecule has 0 aromatic rings. The lowest BCUT2D eigenvalue weighted by atomic mass is 9.86. The van der Waals surface area contributed by atoms with Crippen molar-refractivity contribution in [1.82, 2.24) is 0 Å². The van der Waals surface area contributed by atoms with Gasteiger partial charge in [-0.1, -0.05) is 36.1 Å². The minimum Gasteiger partial charge on any atom is -0.513 e. The first-order valence-corrected chi connectivity index (χ1v) is 11.5. The number of hydrogen-bond donors (Lipinski definition) is 1. The Hall–Kier alpha value is -0.340. The maximum absolute atomic E-state index is 11.8. The molecule has 0 amide bonds. The monoisotopic (exact) mass is 494 g/mol. The lowest BCUT2D eigenvalue weighted by Gasteiger charge is -2.41. The molecule has 2 aliphatic heterocycles. The first-order chi connectivity index (χ1) is 12.6. The predicted octanol–water partition coefficient (Wildman–Crippen LogP) is 4.96. The van der Waals surface area contributed by atoms with Crippen molar-refractivity contribution in [2.75, 3.05) is 11.0 Å². The number of carbonyl (C=O) groups excluding carboxylic acids is 1. The van der Waals surface area contributed by atoms with E-state index in [-0.39, 0.29) is 41.6 Å². The molecule has 2 fully saturated rings. The van der Waals surface area contributed by atoms with Crippen LogP contribution in [0.2, 0.25) is 0 Å². The van der Waals surface area contributed by atoms with E-state index >= 15 is 0 Å². The summed E-state index contributed by atoms with van der Waals surface area (Å²) in [6.07, 6.45) is 5.76. The van der Waals surface area contributed by atoms with E-state index in [1.54, 1.807) is 0 Å². The largest absolute Gasteiger partial charge is 0.513 e. The van der Waals surface area contributed by atoms with Crippen LogP contribution in [-0.2, 0) is 19.0 Å². The third kappa shape index (κ3) is 6.07. The third-order valence-corrected chi connectivity index (χ3v) is 6.89. The molecule has 1 unspecified atom stereocenters. The smallest absolute Gasteiger partial charge is 0.311 e. The van der Waals surface area contributed by atoms with Gasteiger partial charge < -0.3 is 19.3 Å². The van der Waals surface area contributed by atoms with Gasteiger partial charge in [0.15, 0.2) is 0 Å². The second-order valence-corrected chi connectivity index (χ2v) is 9.89. The standard InChI is InChI=1S/C21H35IO5/c1-14(15(2)23)11-16-8-9-18-21(13-22,27-16)12-17(26-18)7-6-10-25-19(24)20(3,4)5/h14,16-18,23H,2,6-13H2,1,3-5H3/t14?,16-,17+,18+,21-/m1/s1. The minimum atomic E-state index is -0.454. The molecule has 2 saturated heterocycles. The third-order valence-electron chi connectivity index (χ3n) is 5.60. The van der Waals surface area contributed by atoms with E-state index in [0.717, 1.165) is 43.0 Å². The fourth-order valence-corrected chi connectivity index (χ4v) is 4.82. The summed E-state index contributed by atoms with van der Waals surface area (Å²) in [5.74, 6) is 0.126. The van der Waals surface area contributed by atoms with Crippen LogP contribution in [0.15, 0.2) is 12.3 Å². The van der Waals surface area contributed by atoms with Crippen LogP contribution in [0.4, 0.5) is 0 Å². The molecule has 1 N–H and O–H groups in total. The van der Waals surface area contributed by atoms with Crippen LogP contribution in [0, 0.1) is 11.3 Å². The average molecular weight is 494 g/mol. The van der Waals surface area contributed by atoms with E-state index in [1.165, 1.54) is 0 Å². The van der Waals surface area contributed by atoms with Gasteiger partial charge in [0.1, 0.15) is 5.60 Å². The van der Waals surface area contributed by atoms with E-state index in [4.69, 9.17) is 14.2 Å². The molecule has 2 rings (SSSR count). The molecule has 2 heterocycles. The summed E-state index contributed by atoms with van der Waals surface area (Å²) < 4.78 is 19.1. The molecule has 0 aliphatic carbocycles. The van der Waals surface area contributed by atoms with Crippen molar-refractivity contribution in [3.05, 3.63) is 12.3 Å². The molecule has 0 radical (unpaired) electrons. The normalized spacial score (nSPS) is 32.0. The number of halogens is 1. The summed E-state index contributed by atoms with van der Waals surface area (Å²) in [6, 6.07) is 0. The zero-order valence-corrected chi connectivity index (χ0v) is 19.3. The van der Waals surface area contributed by atoms with Gasteiger partial charge >= 0.3 is 5.97 Å². The van der Waals surface area contributed by atoms with Gasteiger partial charge in [-0.05, 0) is 52.9 Å². The van der Waals surface area contributed by atoms with Gasteiger partial charge in [0, 0.05) is 16.8 Å². The maximum atomic E-state index is 11.8. The van der Waals surface area contributed by atoms with Crippen molar-refractivity contribution in [2.24, 2.45) is 11.3 Å². The highest BCUT2D eigenvalue weighted by Crippen LogP contribution is 2.45. The predicted molar refractivity (Wildman–Crippen MR) is 114 cm³/mol. The fourth-order valence-electron chi connectivity index (χ4n) is 3.84. The highest BCUT2D eigenvalue weighted by molar-refractivity contribution is 14.1. The van der Waals surface area contributed by atoms with Gasteiger partial charge in [0.25, 0.3) is 0 Å². The van der Waals surface area contributed by atoms with Crippen molar-refractivity contribution in [3.8, 4) is 0 Å². The molecule has 0 bridgehead atoms. The molecule has 2 aliphatic rings. The van der Waals surface area contributed by atoms with E-state index in [1.807, 2.05) is 27.7 Å². The van der Waals surface area contributed by atoms with Crippen LogP contribution < -0.4 is 0 Å². The Bertz CT molecular complexity index is 529. The number of aliphatic hydroxyl groups excluding tert-OH is 1. The number of allylic oxidation sites excluding steroid dienone is 1. The van der Waals surface area contributed by atoms with Gasteiger partial charge in [0.05, 0.1) is 36.1 Å². The summed E-state index contributed by atoms with van der Waals surface area (Å²) in [5.41, 5.74) is -0.684. The average Bonchev–Trinajstić information content (AvgIpc) is 2.95. The number of hydrogen-bond acceptors (Lipinski definition) is 5. The Kier molecular flexibility index (Phi) is 8.02. The molecular formula is C21H35IO5. The van der Waals surface area contributed by atoms with Crippen molar-refractivity contribution in [1.29, 1.82) is 0 Å². The zero-order chi connectivity index (χ0) is 20.2. The van der Waals surface area contributed by atoms with E-state index in [9.17, 15) is 9.90 Å². The van der Waals surface area contributed by atoms with E-state index in [2.05, 4.69) is 29.2 Å². The fraction of sp³-hybridized carbons (Fsp3) is 0.857. The lowest BCUT2D eigenvalue weighted by Crippen LogP contribution is -2.50. The summed E-state index contributed by atoms with van der Waals surface area (Å²) in [6.45, 7) is 11.7. The summed E-state index contributed by atoms with van der Waals surface area (Å²) >= 11 is 2.40. The van der Waals surface area contributed by atoms with E-state index < -0.39 is 5.41 Å². The van der Waals surface area contributed by atoms with Crippen LogP contribution in [-0.4, -0.2) is 46.0 Å². The molecule has 156 valence electrons. The molecule has 0 saturated carbocycles. The van der Waals surface area contributed by atoms with Gasteiger partial charge in [-0.3, -0.25) is 4.79 Å². The number of rotatable bonds is 8. The Balaban J connectivity index is 1.82. The molecule has 5 atom stereocenters. The van der Waals surface area contributed by atoms with Crippen LogP contribution in [0.25, 0.3) is 0 Å². The van der Waals surface area contributed by atoms with E-state index in [0.29, 0.717) is 6.61 Å². The number of fused-ring (bicyclic) bond motifs is 1. The van der Waals surface area contributed by atoms with Crippen molar-refractivity contribution in [3.63, 3.8) is 0 Å². The highest BCUT2D eigenvalue weighted by Gasteiger charge is 2.52. The van der Waals surface area contributed by atoms with Crippen LogP contribution in [0.3, 0.4) is 0 Å². The topological polar surface area (TPSA) is 65.0 Å². The Labute approximate surface area is 177 Å². The Morgan fingerprint density at radius 1 is 1.37 bits per heavy atom. The molecule has 0 aromatic heterocycles. The van der Waals surface area contributed by atoms with Crippen molar-refractivity contribution in [2.45, 2.75) is 90.1 Å². The molecule has 5 nitrogen and oxygen atoms in total. The summed E-state index contributed by atoms with van der Waals surface area (Å²) in [4.78, 5) is 11.8. The van der Waals surface area contributed by atoms with Gasteiger partial charge in [-0.2, -0.15) is 0 Å². The summed E-state index contributed by atoms with van der Waals surface area (Å²) in [5, 5.41) is 9.60. The highest BCUT2D eigenvalue weighted by atomic mass is 127. The molecule has 0 spiro atoms. The SMILES string of the molecule is C=C(O)C(C)C[C@H]1CC[C@@H]2O[C@@H](CCCOC(=O)C(C)(C)C)C[C@]2(CI)O1. The van der Waals surface area contributed by atoms with Crippen LogP contribution in [0.5, 0.6) is 0 Å². The van der Waals surface area contributed by atoms with Gasteiger partial charge in [-0.15, -0.1) is 0 Å². The Morgan fingerprint density at radius 2 is 2.07 bits per heavy atom. The quantitative estimate of drug-likeness (QED) is 0.170. The minimum absolute atomic E-state index is 0.0495. The second-order valence-electron chi connectivity index (χ2n) is 9.12. The summed E-state index contributed by atoms with van der Waals surface area (Å²) in [7, 11) is 0. The van der Waals surface area contributed by atoms with Crippen LogP contribution >= 0.6 is 22.6 Å². The van der Waals surface area contributed by atoms with Gasteiger partial charge in [-0.25, -0.2) is 0 Å². The van der Waals surface area contributed by atoms with Crippen LogP contribution in [0.1, 0.15) is 66.2 Å². The molecular weight excluding hydrogens is 459 g/mol. The number of ether oxygens (including phenoxy) is 3. The zero-order valence-electron chi connectivity index (χ0n) is 17.1. The number of esters is 1. The lowest BCUT2D eigenvalue weighted by molar-refractivity contribution is -0.156. The van der Waals surface area contributed by atoms with Crippen molar-refractivity contribution >= 4 is 28.6 Å². The second kappa shape index (κ2) is 9.44. The first kappa shape index (κ1) is 22.9. The molecule has 27 heavy (non-hydrogen) atoms. The van der Waals surface area contributed by atoms with Gasteiger partial charge in [0.2, 0.25) is 0 Å². The number of alkyl halides is 1. The van der Waals surface area contributed by atoms with Crippen molar-refractivity contribution < 1.29 is 24.1 Å². The Morgan fingerprint density at radius 3 is 2.67 bits per heavy atom.